The number of benzene rings is 2. The largest absolute Gasteiger partial charge is 0.475 e. The summed E-state index contributed by atoms with van der Waals surface area (Å²) in [6, 6.07) is 17.2. The minimum absolute atomic E-state index is 0.118. The fraction of sp³-hybridized carbons (Fsp3) is 0.182. The number of carbonyl (C=O) groups excluding carboxylic acids is 1. The summed E-state index contributed by atoms with van der Waals surface area (Å²) >= 11 is 0. The van der Waals surface area contributed by atoms with E-state index in [0.29, 0.717) is 17.0 Å². The molecule has 0 aliphatic heterocycles. The van der Waals surface area contributed by atoms with Crippen molar-refractivity contribution in [1.29, 1.82) is 0 Å². The number of hydrogen-bond acceptors (Lipinski definition) is 7. The zero-order valence-electron chi connectivity index (χ0n) is 17.4. The van der Waals surface area contributed by atoms with E-state index in [1.165, 1.54) is 28.8 Å². The minimum atomic E-state index is -3.51. The van der Waals surface area contributed by atoms with Gasteiger partial charge in [0.25, 0.3) is 0 Å². The van der Waals surface area contributed by atoms with Crippen LogP contribution in [0.5, 0.6) is 5.88 Å². The third-order valence-electron chi connectivity index (χ3n) is 4.70. The van der Waals surface area contributed by atoms with E-state index in [1.807, 2.05) is 0 Å². The molecule has 0 fully saturated rings. The Hall–Kier alpha value is -3.86. The van der Waals surface area contributed by atoms with E-state index in [2.05, 4.69) is 20.6 Å². The molecule has 0 aliphatic rings. The van der Waals surface area contributed by atoms with Gasteiger partial charge in [0.1, 0.15) is 12.4 Å². The SMILES string of the molecule is O=C(CCS(=O)(=O)c1ccccc1)NCCOc1ccc2nnc(-c3cccc(F)c3)n2n1. The van der Waals surface area contributed by atoms with Gasteiger partial charge in [0.2, 0.25) is 11.8 Å². The number of aromatic nitrogens is 4. The van der Waals surface area contributed by atoms with Gasteiger partial charge in [-0.25, -0.2) is 12.8 Å². The molecule has 170 valence electrons. The number of carbonyl (C=O) groups is 1. The summed E-state index contributed by atoms with van der Waals surface area (Å²) in [5, 5.41) is 15.0. The Morgan fingerprint density at radius 1 is 1.03 bits per heavy atom. The zero-order chi connectivity index (χ0) is 23.3. The lowest BCUT2D eigenvalue weighted by atomic mass is 10.2. The number of rotatable bonds is 9. The van der Waals surface area contributed by atoms with Crippen molar-refractivity contribution in [2.24, 2.45) is 0 Å². The average Bonchev–Trinajstić information content (AvgIpc) is 3.24. The summed E-state index contributed by atoms with van der Waals surface area (Å²) in [4.78, 5) is 12.2. The van der Waals surface area contributed by atoms with Crippen LogP contribution in [-0.4, -0.2) is 53.0 Å². The molecule has 0 radical (unpaired) electrons. The average molecular weight is 469 g/mol. The number of hydrogen-bond donors (Lipinski definition) is 1. The maximum absolute atomic E-state index is 13.5. The quantitative estimate of drug-likeness (QED) is 0.374. The topological polar surface area (TPSA) is 116 Å². The van der Waals surface area contributed by atoms with Gasteiger partial charge in [0.05, 0.1) is 17.2 Å². The van der Waals surface area contributed by atoms with E-state index >= 15 is 0 Å². The second-order valence-electron chi connectivity index (χ2n) is 7.06. The molecule has 0 aliphatic carbocycles. The molecule has 0 spiro atoms. The van der Waals surface area contributed by atoms with E-state index in [9.17, 15) is 17.6 Å². The molecular weight excluding hydrogens is 449 g/mol. The molecule has 33 heavy (non-hydrogen) atoms. The molecule has 2 aromatic carbocycles. The molecule has 0 bridgehead atoms. The van der Waals surface area contributed by atoms with Crippen molar-refractivity contribution in [2.75, 3.05) is 18.9 Å². The molecular formula is C22H20FN5O4S. The van der Waals surface area contributed by atoms with E-state index < -0.39 is 21.6 Å². The number of nitrogens with one attached hydrogen (secondary N) is 1. The van der Waals surface area contributed by atoms with Crippen LogP contribution in [0.4, 0.5) is 4.39 Å². The van der Waals surface area contributed by atoms with Crippen LogP contribution in [0.1, 0.15) is 6.42 Å². The highest BCUT2D eigenvalue weighted by molar-refractivity contribution is 7.91. The van der Waals surface area contributed by atoms with Gasteiger partial charge in [-0.05, 0) is 30.3 Å². The Balaban J connectivity index is 1.29. The predicted octanol–water partition coefficient (Wildman–Crippen LogP) is 2.29. The van der Waals surface area contributed by atoms with Gasteiger partial charge in [-0.1, -0.05) is 30.3 Å². The summed E-state index contributed by atoms with van der Waals surface area (Å²) < 4.78 is 45.0. The number of halogens is 1. The number of nitrogens with zero attached hydrogens (tertiary/aromatic N) is 4. The number of ether oxygens (including phenoxy) is 1. The van der Waals surface area contributed by atoms with Gasteiger partial charge in [0, 0.05) is 18.1 Å². The van der Waals surface area contributed by atoms with Crippen LogP contribution in [0.25, 0.3) is 17.0 Å². The van der Waals surface area contributed by atoms with E-state index in [1.54, 1.807) is 42.5 Å². The summed E-state index contributed by atoms with van der Waals surface area (Å²) in [7, 11) is -3.51. The maximum Gasteiger partial charge on any atom is 0.231 e. The maximum atomic E-state index is 13.5. The summed E-state index contributed by atoms with van der Waals surface area (Å²) in [5.41, 5.74) is 0.986. The van der Waals surface area contributed by atoms with Crippen LogP contribution in [0.15, 0.2) is 71.6 Å². The third-order valence-corrected chi connectivity index (χ3v) is 6.43. The van der Waals surface area contributed by atoms with Gasteiger partial charge < -0.3 is 10.1 Å². The summed E-state index contributed by atoms with van der Waals surface area (Å²) in [6.45, 7) is 0.288. The van der Waals surface area contributed by atoms with Gasteiger partial charge in [-0.3, -0.25) is 4.79 Å². The first-order valence-electron chi connectivity index (χ1n) is 10.1. The normalized spacial score (nSPS) is 11.4. The smallest absolute Gasteiger partial charge is 0.231 e. The van der Waals surface area contributed by atoms with Crippen molar-refractivity contribution in [3.8, 4) is 17.3 Å². The minimum Gasteiger partial charge on any atom is -0.475 e. The van der Waals surface area contributed by atoms with Crippen LogP contribution >= 0.6 is 0 Å². The molecule has 9 nitrogen and oxygen atoms in total. The Labute approximate surface area is 189 Å². The van der Waals surface area contributed by atoms with Gasteiger partial charge in [-0.2, -0.15) is 4.52 Å². The lowest BCUT2D eigenvalue weighted by molar-refractivity contribution is -0.120. The van der Waals surface area contributed by atoms with Crippen LogP contribution in [-0.2, 0) is 14.6 Å². The van der Waals surface area contributed by atoms with Crippen molar-refractivity contribution in [1.82, 2.24) is 25.1 Å². The van der Waals surface area contributed by atoms with Crippen molar-refractivity contribution >= 4 is 21.4 Å². The molecule has 1 N–H and O–H groups in total. The van der Waals surface area contributed by atoms with Crippen LogP contribution in [0.3, 0.4) is 0 Å². The lowest BCUT2D eigenvalue weighted by Gasteiger charge is -2.08. The van der Waals surface area contributed by atoms with Crippen molar-refractivity contribution in [3.63, 3.8) is 0 Å². The van der Waals surface area contributed by atoms with Gasteiger partial charge in [0.15, 0.2) is 21.3 Å². The van der Waals surface area contributed by atoms with Crippen molar-refractivity contribution in [3.05, 3.63) is 72.5 Å². The van der Waals surface area contributed by atoms with Crippen molar-refractivity contribution in [2.45, 2.75) is 11.3 Å². The standard InChI is InChI=1S/C22H20FN5O4S/c23-17-6-4-5-16(15-17)22-26-25-19-9-10-21(27-28(19)22)32-13-12-24-20(29)11-14-33(30,31)18-7-2-1-3-8-18/h1-10,15H,11-14H2,(H,24,29). The molecule has 11 heteroatoms. The first kappa shape index (κ1) is 22.3. The predicted molar refractivity (Wildman–Crippen MR) is 118 cm³/mol. The first-order chi connectivity index (χ1) is 15.9. The Kier molecular flexibility index (Phi) is 6.59. The molecule has 4 aromatic rings. The highest BCUT2D eigenvalue weighted by Gasteiger charge is 2.16. The van der Waals surface area contributed by atoms with Crippen molar-refractivity contribution < 1.29 is 22.3 Å². The van der Waals surface area contributed by atoms with Gasteiger partial charge >= 0.3 is 0 Å². The Bertz CT molecular complexity index is 1380. The molecule has 0 atom stereocenters. The van der Waals surface area contributed by atoms with E-state index in [0.717, 1.165) is 0 Å². The second-order valence-corrected chi connectivity index (χ2v) is 9.17. The molecule has 1 amide bonds. The lowest BCUT2D eigenvalue weighted by Crippen LogP contribution is -2.29. The fourth-order valence-electron chi connectivity index (χ4n) is 3.06. The van der Waals surface area contributed by atoms with Gasteiger partial charge in [-0.15, -0.1) is 15.3 Å². The Morgan fingerprint density at radius 3 is 2.64 bits per heavy atom. The van der Waals surface area contributed by atoms with E-state index in [-0.39, 0.29) is 36.1 Å². The molecule has 0 saturated carbocycles. The van der Waals surface area contributed by atoms with Crippen LogP contribution in [0, 0.1) is 5.82 Å². The number of amides is 1. The monoisotopic (exact) mass is 469 g/mol. The highest BCUT2D eigenvalue weighted by atomic mass is 32.2. The second kappa shape index (κ2) is 9.74. The highest BCUT2D eigenvalue weighted by Crippen LogP contribution is 2.19. The molecule has 4 rings (SSSR count). The fourth-order valence-corrected chi connectivity index (χ4v) is 4.33. The molecule has 2 aromatic heterocycles. The first-order valence-corrected chi connectivity index (χ1v) is 11.7. The zero-order valence-corrected chi connectivity index (χ0v) is 18.2. The summed E-state index contributed by atoms with van der Waals surface area (Å²) in [6.07, 6.45) is -0.154. The molecule has 0 unspecified atom stereocenters. The molecule has 2 heterocycles. The number of fused-ring (bicyclic) bond motifs is 1. The van der Waals surface area contributed by atoms with Crippen LogP contribution < -0.4 is 10.1 Å². The molecule has 0 saturated heterocycles. The Morgan fingerprint density at radius 2 is 1.85 bits per heavy atom. The summed E-state index contributed by atoms with van der Waals surface area (Å²) in [5.74, 6) is -0.445. The third kappa shape index (κ3) is 5.50. The van der Waals surface area contributed by atoms with Crippen LogP contribution in [0.2, 0.25) is 0 Å². The number of sulfone groups is 1. The van der Waals surface area contributed by atoms with E-state index in [4.69, 9.17) is 4.74 Å².